The van der Waals surface area contributed by atoms with E-state index in [0.717, 1.165) is 13.1 Å². The van der Waals surface area contributed by atoms with Gasteiger partial charge < -0.3 is 5.32 Å². The molecule has 2 aliphatic rings. The Labute approximate surface area is 77.3 Å². The van der Waals surface area contributed by atoms with Gasteiger partial charge in [-0.1, -0.05) is 0 Å². The van der Waals surface area contributed by atoms with Crippen molar-refractivity contribution in [1.29, 1.82) is 0 Å². The van der Waals surface area contributed by atoms with Crippen molar-refractivity contribution in [2.75, 3.05) is 13.1 Å². The second-order valence-corrected chi connectivity index (χ2v) is 3.66. The predicted molar refractivity (Wildman–Crippen MR) is 45.9 cm³/mol. The Bertz CT molecular complexity index is 163. The molecule has 1 saturated heterocycles. The predicted octanol–water partition coefficient (Wildman–Crippen LogP) is 2.06. The van der Waals surface area contributed by atoms with Gasteiger partial charge in [0.25, 0.3) is 5.92 Å². The fraction of sp³-hybridized carbons (Fsp3) is 1.00. The molecule has 2 rings (SSSR count). The van der Waals surface area contributed by atoms with Crippen molar-refractivity contribution in [1.82, 2.24) is 5.32 Å². The van der Waals surface area contributed by atoms with Crippen molar-refractivity contribution in [3.63, 3.8) is 0 Å². The summed E-state index contributed by atoms with van der Waals surface area (Å²) in [7, 11) is 0. The fourth-order valence-corrected chi connectivity index (χ4v) is 2.35. The van der Waals surface area contributed by atoms with Crippen LogP contribution < -0.4 is 5.32 Å². The van der Waals surface area contributed by atoms with E-state index in [4.69, 9.17) is 0 Å². The average molecular weight is 198 g/mol. The second-order valence-electron chi connectivity index (χ2n) is 3.66. The molecule has 1 aliphatic carbocycles. The van der Waals surface area contributed by atoms with Crippen LogP contribution >= 0.6 is 12.4 Å². The summed E-state index contributed by atoms with van der Waals surface area (Å²) in [5, 5.41) is 3.16. The molecule has 1 aliphatic heterocycles. The maximum atomic E-state index is 13.1. The van der Waals surface area contributed by atoms with Crippen LogP contribution in [0.4, 0.5) is 8.78 Å². The van der Waals surface area contributed by atoms with Gasteiger partial charge in [-0.05, 0) is 31.8 Å². The number of nitrogens with one attached hydrogen (secondary N) is 1. The molecule has 72 valence electrons. The molecule has 1 nitrogen and oxygen atoms in total. The van der Waals surface area contributed by atoms with E-state index in [0.29, 0.717) is 12.8 Å². The highest BCUT2D eigenvalue weighted by Crippen LogP contribution is 2.46. The minimum Gasteiger partial charge on any atom is -0.316 e. The molecule has 0 amide bonds. The zero-order valence-corrected chi connectivity index (χ0v) is 7.67. The number of piperidine rings is 1. The van der Waals surface area contributed by atoms with Crippen molar-refractivity contribution >= 4 is 12.4 Å². The van der Waals surface area contributed by atoms with E-state index in [9.17, 15) is 8.78 Å². The lowest BCUT2D eigenvalue weighted by molar-refractivity contribution is -0.0531. The molecule has 1 heterocycles. The standard InChI is InChI=1S/C8H13F2N.ClH/c9-8(10)3-1-6-5-11-4-2-7(6)8;/h6-7,11H,1-5H2;1H. The van der Waals surface area contributed by atoms with Crippen LogP contribution in [-0.4, -0.2) is 19.0 Å². The number of fused-ring (bicyclic) bond motifs is 1. The Morgan fingerprint density at radius 2 is 2.00 bits per heavy atom. The third-order valence-electron chi connectivity index (χ3n) is 3.00. The van der Waals surface area contributed by atoms with E-state index in [2.05, 4.69) is 5.32 Å². The van der Waals surface area contributed by atoms with Gasteiger partial charge in [0.15, 0.2) is 0 Å². The molecule has 12 heavy (non-hydrogen) atoms. The number of rotatable bonds is 0. The molecule has 0 aromatic carbocycles. The van der Waals surface area contributed by atoms with Crippen LogP contribution in [0.3, 0.4) is 0 Å². The largest absolute Gasteiger partial charge is 0.316 e. The number of hydrogen-bond donors (Lipinski definition) is 1. The maximum absolute atomic E-state index is 13.1. The van der Waals surface area contributed by atoms with E-state index in [-0.39, 0.29) is 30.7 Å². The summed E-state index contributed by atoms with van der Waals surface area (Å²) in [4.78, 5) is 0. The van der Waals surface area contributed by atoms with E-state index in [1.807, 2.05) is 0 Å². The van der Waals surface area contributed by atoms with Crippen molar-refractivity contribution in [3.8, 4) is 0 Å². The molecule has 1 saturated carbocycles. The zero-order chi connectivity index (χ0) is 7.90. The highest BCUT2D eigenvalue weighted by molar-refractivity contribution is 5.85. The van der Waals surface area contributed by atoms with E-state index < -0.39 is 5.92 Å². The quantitative estimate of drug-likeness (QED) is 0.627. The zero-order valence-electron chi connectivity index (χ0n) is 6.85. The Morgan fingerprint density at radius 3 is 2.67 bits per heavy atom. The molecule has 4 heteroatoms. The third-order valence-corrected chi connectivity index (χ3v) is 3.00. The van der Waals surface area contributed by atoms with Crippen molar-refractivity contribution < 1.29 is 8.78 Å². The summed E-state index contributed by atoms with van der Waals surface area (Å²) in [6, 6.07) is 0. The van der Waals surface area contributed by atoms with Gasteiger partial charge in [0.05, 0.1) is 0 Å². The van der Waals surface area contributed by atoms with Crippen LogP contribution in [0.25, 0.3) is 0 Å². The minimum atomic E-state index is -2.35. The SMILES string of the molecule is Cl.FC1(F)CCC2CNCCC21. The summed E-state index contributed by atoms with van der Waals surface area (Å²) >= 11 is 0. The van der Waals surface area contributed by atoms with Crippen molar-refractivity contribution in [2.24, 2.45) is 11.8 Å². The molecule has 0 aromatic heterocycles. The summed E-state index contributed by atoms with van der Waals surface area (Å²) < 4.78 is 26.1. The molecular formula is C8H14ClF2N. The second kappa shape index (κ2) is 3.46. The lowest BCUT2D eigenvalue weighted by atomic mass is 9.88. The summed E-state index contributed by atoms with van der Waals surface area (Å²) in [5.74, 6) is -2.42. The smallest absolute Gasteiger partial charge is 0.251 e. The highest BCUT2D eigenvalue weighted by Gasteiger charge is 2.50. The monoisotopic (exact) mass is 197 g/mol. The molecule has 0 aromatic rings. The molecule has 0 spiro atoms. The molecule has 2 atom stereocenters. The molecule has 1 N–H and O–H groups in total. The molecule has 2 fully saturated rings. The summed E-state index contributed by atoms with van der Waals surface area (Å²) in [6.07, 6.45) is 1.49. The van der Waals surface area contributed by atoms with E-state index in [1.54, 1.807) is 0 Å². The fourth-order valence-electron chi connectivity index (χ4n) is 2.35. The Morgan fingerprint density at radius 1 is 1.25 bits per heavy atom. The van der Waals surface area contributed by atoms with Crippen molar-refractivity contribution in [3.05, 3.63) is 0 Å². The van der Waals surface area contributed by atoms with Crippen LogP contribution in [-0.2, 0) is 0 Å². The first-order valence-electron chi connectivity index (χ1n) is 4.29. The Hall–Kier alpha value is 0.110. The number of halogens is 3. The topological polar surface area (TPSA) is 12.0 Å². The van der Waals surface area contributed by atoms with Gasteiger partial charge in [0.2, 0.25) is 0 Å². The molecule has 0 radical (unpaired) electrons. The van der Waals surface area contributed by atoms with Crippen LogP contribution in [0.2, 0.25) is 0 Å². The van der Waals surface area contributed by atoms with Gasteiger partial charge in [-0.25, -0.2) is 8.78 Å². The number of alkyl halides is 2. The van der Waals surface area contributed by atoms with Crippen LogP contribution in [0.1, 0.15) is 19.3 Å². The maximum Gasteiger partial charge on any atom is 0.251 e. The van der Waals surface area contributed by atoms with Crippen molar-refractivity contribution in [2.45, 2.75) is 25.2 Å². The van der Waals surface area contributed by atoms with Gasteiger partial charge >= 0.3 is 0 Å². The van der Waals surface area contributed by atoms with Crippen LogP contribution in [0.15, 0.2) is 0 Å². The normalized spacial score (nSPS) is 38.5. The van der Waals surface area contributed by atoms with Crippen LogP contribution in [0.5, 0.6) is 0 Å². The molecule has 2 unspecified atom stereocenters. The van der Waals surface area contributed by atoms with Gasteiger partial charge in [0.1, 0.15) is 0 Å². The minimum absolute atomic E-state index is 0. The van der Waals surface area contributed by atoms with Gasteiger partial charge in [-0.2, -0.15) is 0 Å². The van der Waals surface area contributed by atoms with Gasteiger partial charge in [-0.15, -0.1) is 12.4 Å². The van der Waals surface area contributed by atoms with E-state index in [1.165, 1.54) is 0 Å². The summed E-state index contributed by atoms with van der Waals surface area (Å²) in [5.41, 5.74) is 0. The number of hydrogen-bond acceptors (Lipinski definition) is 1. The van der Waals surface area contributed by atoms with Crippen LogP contribution in [0, 0.1) is 11.8 Å². The Kier molecular flexibility index (Phi) is 2.94. The molecular weight excluding hydrogens is 184 g/mol. The van der Waals surface area contributed by atoms with Gasteiger partial charge in [-0.3, -0.25) is 0 Å². The van der Waals surface area contributed by atoms with E-state index >= 15 is 0 Å². The average Bonchev–Trinajstić information content (AvgIpc) is 2.29. The molecule has 0 bridgehead atoms. The first-order valence-corrected chi connectivity index (χ1v) is 4.29. The third kappa shape index (κ3) is 1.57. The lowest BCUT2D eigenvalue weighted by Gasteiger charge is -2.29. The summed E-state index contributed by atoms with van der Waals surface area (Å²) in [6.45, 7) is 1.58. The Balaban J connectivity index is 0.000000720. The lowest BCUT2D eigenvalue weighted by Crippen LogP contribution is -2.39. The highest BCUT2D eigenvalue weighted by atomic mass is 35.5. The first kappa shape index (κ1) is 10.2. The van der Waals surface area contributed by atoms with Gasteiger partial charge in [0, 0.05) is 12.3 Å². The first-order chi connectivity index (χ1) is 5.20.